The van der Waals surface area contributed by atoms with E-state index >= 15 is 0 Å². The average molecular weight is 681 g/mol. The number of aliphatic hydroxyl groups is 1. The van der Waals surface area contributed by atoms with Crippen molar-refractivity contribution in [3.63, 3.8) is 0 Å². The Hall–Kier alpha value is -1.10. The average Bonchev–Trinajstić information content (AvgIpc) is 3.05. The van der Waals surface area contributed by atoms with Crippen molar-refractivity contribution in [3.8, 4) is 0 Å². The van der Waals surface area contributed by atoms with Crippen LogP contribution < -0.4 is 0 Å². The number of ether oxygens (including phenoxy) is 2. The Labute approximate surface area is 299 Å². The predicted octanol–water partition coefficient (Wildman–Crippen LogP) is 13.2. The third kappa shape index (κ3) is 37.7. The Bertz CT molecular complexity index is 676. The number of unbranched alkanes of at least 4 members (excludes halogenated alkanes) is 26. The van der Waals surface area contributed by atoms with Crippen LogP contribution >= 0.6 is 0 Å². The highest BCUT2D eigenvalue weighted by Crippen LogP contribution is 2.17. The second kappa shape index (κ2) is 37.2. The fourth-order valence-electron chi connectivity index (χ4n) is 6.51. The first-order valence-electron chi connectivity index (χ1n) is 21.3. The lowest BCUT2D eigenvalue weighted by atomic mass is 10.0. The molecule has 0 aliphatic carbocycles. The lowest BCUT2D eigenvalue weighted by molar-refractivity contribution is -0.161. The maximum absolute atomic E-state index is 12.2. The second-order valence-electron chi connectivity index (χ2n) is 15.7. The van der Waals surface area contributed by atoms with Crippen molar-refractivity contribution >= 4 is 11.9 Å². The van der Waals surface area contributed by atoms with Gasteiger partial charge in [0.25, 0.3) is 0 Å². The molecule has 0 unspecified atom stereocenters. The summed E-state index contributed by atoms with van der Waals surface area (Å²) in [5, 5.41) is 9.57. The van der Waals surface area contributed by atoms with E-state index in [0.717, 1.165) is 43.9 Å². The van der Waals surface area contributed by atoms with Crippen LogP contribution in [0.2, 0.25) is 0 Å². The number of esters is 2. The number of rotatable bonds is 38. The highest BCUT2D eigenvalue weighted by atomic mass is 16.6. The van der Waals surface area contributed by atoms with Gasteiger partial charge in [-0.05, 0) is 24.7 Å². The zero-order valence-electron chi connectivity index (χ0n) is 32.9. The summed E-state index contributed by atoms with van der Waals surface area (Å²) in [5.74, 6) is 1.13. The monoisotopic (exact) mass is 681 g/mol. The molecule has 0 fully saturated rings. The first-order valence-corrected chi connectivity index (χ1v) is 21.3. The fraction of sp³-hybridized carbons (Fsp3) is 0.953. The van der Waals surface area contributed by atoms with Crippen LogP contribution in [-0.2, 0) is 19.1 Å². The molecular formula is C43H84O5. The molecule has 0 aliphatic rings. The lowest BCUT2D eigenvalue weighted by Crippen LogP contribution is -2.28. The molecule has 0 bridgehead atoms. The van der Waals surface area contributed by atoms with E-state index in [-0.39, 0.29) is 25.2 Å². The van der Waals surface area contributed by atoms with E-state index < -0.39 is 6.10 Å². The molecule has 286 valence electrons. The third-order valence-electron chi connectivity index (χ3n) is 9.76. The third-order valence-corrected chi connectivity index (χ3v) is 9.76. The van der Waals surface area contributed by atoms with E-state index in [1.807, 2.05) is 0 Å². The van der Waals surface area contributed by atoms with Crippen molar-refractivity contribution in [1.29, 1.82) is 0 Å². The van der Waals surface area contributed by atoms with Gasteiger partial charge in [-0.2, -0.15) is 0 Å². The Balaban J connectivity index is 3.48. The van der Waals surface area contributed by atoms with Gasteiger partial charge in [-0.15, -0.1) is 0 Å². The molecule has 0 saturated heterocycles. The van der Waals surface area contributed by atoms with Crippen molar-refractivity contribution in [2.75, 3.05) is 13.2 Å². The Morgan fingerprint density at radius 1 is 0.417 bits per heavy atom. The topological polar surface area (TPSA) is 72.8 Å². The van der Waals surface area contributed by atoms with Crippen LogP contribution in [0, 0.1) is 11.8 Å². The highest BCUT2D eigenvalue weighted by molar-refractivity contribution is 5.70. The first kappa shape index (κ1) is 46.9. The molecule has 5 nitrogen and oxygen atoms in total. The molecule has 0 aliphatic heterocycles. The molecule has 0 rings (SSSR count). The standard InChI is InChI=1S/C43H84O5/c1-39(2)33-29-25-21-17-13-9-6-5-7-11-16-20-24-28-32-36-43(46)48-41(37-44)38-47-42(45)35-31-27-23-19-15-12-8-10-14-18-22-26-30-34-40(3)4/h39-41,44H,5-38H2,1-4H3/t41-/m0/s1. The largest absolute Gasteiger partial charge is 0.462 e. The van der Waals surface area contributed by atoms with E-state index in [9.17, 15) is 14.7 Å². The van der Waals surface area contributed by atoms with Crippen LogP contribution in [0.1, 0.15) is 233 Å². The predicted molar refractivity (Wildman–Crippen MR) is 205 cm³/mol. The molecular weight excluding hydrogens is 596 g/mol. The van der Waals surface area contributed by atoms with E-state index in [1.165, 1.54) is 161 Å². The minimum absolute atomic E-state index is 0.0581. The van der Waals surface area contributed by atoms with Gasteiger partial charge in [0, 0.05) is 12.8 Å². The van der Waals surface area contributed by atoms with Gasteiger partial charge in [-0.1, -0.05) is 207 Å². The van der Waals surface area contributed by atoms with Crippen LogP contribution in [0.25, 0.3) is 0 Å². The molecule has 0 radical (unpaired) electrons. The molecule has 0 spiro atoms. The minimum Gasteiger partial charge on any atom is -0.462 e. The van der Waals surface area contributed by atoms with E-state index in [4.69, 9.17) is 9.47 Å². The molecule has 0 aromatic heterocycles. The molecule has 5 heteroatoms. The summed E-state index contributed by atoms with van der Waals surface area (Å²) in [7, 11) is 0. The molecule has 0 heterocycles. The maximum atomic E-state index is 12.2. The molecule has 0 amide bonds. The van der Waals surface area contributed by atoms with Crippen LogP contribution in [0.5, 0.6) is 0 Å². The van der Waals surface area contributed by atoms with Crippen LogP contribution in [0.15, 0.2) is 0 Å². The smallest absolute Gasteiger partial charge is 0.306 e. The molecule has 0 aromatic carbocycles. The fourth-order valence-corrected chi connectivity index (χ4v) is 6.51. The number of carbonyl (C=O) groups excluding carboxylic acids is 2. The van der Waals surface area contributed by atoms with E-state index in [0.29, 0.717) is 12.8 Å². The minimum atomic E-state index is -0.763. The van der Waals surface area contributed by atoms with Crippen LogP contribution in [0.3, 0.4) is 0 Å². The van der Waals surface area contributed by atoms with Gasteiger partial charge in [-0.25, -0.2) is 0 Å². The van der Waals surface area contributed by atoms with Crippen molar-refractivity contribution in [2.24, 2.45) is 11.8 Å². The van der Waals surface area contributed by atoms with Gasteiger partial charge in [0.2, 0.25) is 0 Å². The molecule has 0 saturated carbocycles. The normalized spacial score (nSPS) is 12.2. The Morgan fingerprint density at radius 2 is 0.688 bits per heavy atom. The van der Waals surface area contributed by atoms with Crippen molar-refractivity contribution in [3.05, 3.63) is 0 Å². The molecule has 1 atom stereocenters. The van der Waals surface area contributed by atoms with Crippen molar-refractivity contribution in [1.82, 2.24) is 0 Å². The summed E-state index contributed by atoms with van der Waals surface area (Å²) >= 11 is 0. The lowest BCUT2D eigenvalue weighted by Gasteiger charge is -2.15. The summed E-state index contributed by atoms with van der Waals surface area (Å²) in [4.78, 5) is 24.3. The number of aliphatic hydroxyl groups excluding tert-OH is 1. The summed E-state index contributed by atoms with van der Waals surface area (Å²) in [5.41, 5.74) is 0. The molecule has 1 N–H and O–H groups in total. The number of hydrogen-bond donors (Lipinski definition) is 1. The van der Waals surface area contributed by atoms with Crippen LogP contribution in [-0.4, -0.2) is 36.4 Å². The van der Waals surface area contributed by atoms with E-state index in [2.05, 4.69) is 27.7 Å². The Kier molecular flexibility index (Phi) is 36.3. The molecule has 48 heavy (non-hydrogen) atoms. The quantitative estimate of drug-likeness (QED) is 0.0519. The van der Waals surface area contributed by atoms with Crippen LogP contribution in [0.4, 0.5) is 0 Å². The Morgan fingerprint density at radius 3 is 0.979 bits per heavy atom. The maximum Gasteiger partial charge on any atom is 0.306 e. The van der Waals surface area contributed by atoms with Gasteiger partial charge in [0.15, 0.2) is 6.10 Å². The van der Waals surface area contributed by atoms with Gasteiger partial charge in [0.05, 0.1) is 6.61 Å². The highest BCUT2D eigenvalue weighted by Gasteiger charge is 2.16. The van der Waals surface area contributed by atoms with Gasteiger partial charge in [0.1, 0.15) is 6.61 Å². The summed E-state index contributed by atoms with van der Waals surface area (Å²) in [6.45, 7) is 8.88. The first-order chi connectivity index (χ1) is 23.3. The van der Waals surface area contributed by atoms with E-state index in [1.54, 1.807) is 0 Å². The zero-order chi connectivity index (χ0) is 35.3. The van der Waals surface area contributed by atoms with Gasteiger partial charge >= 0.3 is 11.9 Å². The summed E-state index contributed by atoms with van der Waals surface area (Å²) in [6.07, 6.45) is 38.8. The van der Waals surface area contributed by atoms with Gasteiger partial charge in [-0.3, -0.25) is 9.59 Å². The zero-order valence-corrected chi connectivity index (χ0v) is 32.9. The summed E-state index contributed by atoms with van der Waals surface area (Å²) in [6, 6.07) is 0. The number of hydrogen-bond acceptors (Lipinski definition) is 5. The SMILES string of the molecule is CC(C)CCCCCCCCCCCCCCCCCC(=O)O[C@@H](CO)COC(=O)CCCCCCCCCCCCCCCC(C)C. The van der Waals surface area contributed by atoms with Crippen molar-refractivity contribution < 1.29 is 24.2 Å². The molecule has 0 aromatic rings. The summed E-state index contributed by atoms with van der Waals surface area (Å²) < 4.78 is 10.6. The number of carbonyl (C=O) groups is 2. The second-order valence-corrected chi connectivity index (χ2v) is 15.7. The van der Waals surface area contributed by atoms with Crippen molar-refractivity contribution in [2.45, 2.75) is 239 Å². The van der Waals surface area contributed by atoms with Gasteiger partial charge < -0.3 is 14.6 Å².